The maximum Gasteiger partial charge on any atom is 0.0171 e. The van der Waals surface area contributed by atoms with Gasteiger partial charge in [0.15, 0.2) is 0 Å². The Morgan fingerprint density at radius 3 is 1.91 bits per heavy atom. The largest absolute Gasteiger partial charge is 0.330 e. The number of hydrogen-bond donors (Lipinski definition) is 1. The van der Waals surface area contributed by atoms with Crippen molar-refractivity contribution in [2.24, 2.45) is 0 Å². The number of rotatable bonds is 3. The number of allylic oxidation sites excluding steroid dienone is 3. The molecule has 0 radical (unpaired) electrons. The first-order chi connectivity index (χ1) is 5.20. The fraction of sp³-hybridized carbons (Fsp3) is 0.333. The van der Waals surface area contributed by atoms with Crippen LogP contribution in [0.3, 0.4) is 0 Å². The summed E-state index contributed by atoms with van der Waals surface area (Å²) in [7, 11) is 0. The minimum atomic E-state index is 0.987. The topological polar surface area (TPSA) is 3.24 Å². The zero-order chi connectivity index (χ0) is 8.69. The zero-order valence-electron chi connectivity index (χ0n) is 7.28. The van der Waals surface area contributed by atoms with Crippen LogP contribution in [0.1, 0.15) is 20.8 Å². The van der Waals surface area contributed by atoms with E-state index in [4.69, 9.17) is 0 Å². The van der Waals surface area contributed by atoms with Crippen molar-refractivity contribution in [2.45, 2.75) is 20.8 Å². The van der Waals surface area contributed by atoms with Crippen molar-refractivity contribution in [3.05, 3.63) is 35.7 Å². The average Bonchev–Trinajstić information content (AvgIpc) is 1.87. The third-order valence-electron chi connectivity index (χ3n) is 0.978. The van der Waals surface area contributed by atoms with Gasteiger partial charge < -0.3 is 4.90 Å². The van der Waals surface area contributed by atoms with Crippen molar-refractivity contribution in [3.63, 3.8) is 0 Å². The summed E-state index contributed by atoms with van der Waals surface area (Å²) in [5, 5.41) is 0. The minimum Gasteiger partial charge on any atom is -0.330 e. The lowest BCUT2D eigenvalue weighted by Crippen LogP contribution is -1.98. The molecule has 11 heavy (non-hydrogen) atoms. The number of nitrogens with zero attached hydrogens (tertiary/aromatic N) is 1. The van der Waals surface area contributed by atoms with Crippen molar-refractivity contribution in [2.75, 3.05) is 0 Å². The van der Waals surface area contributed by atoms with Crippen LogP contribution >= 0.6 is 12.6 Å². The lowest BCUT2D eigenvalue weighted by Gasteiger charge is -2.08. The van der Waals surface area contributed by atoms with E-state index in [1.807, 2.05) is 56.4 Å². The van der Waals surface area contributed by atoms with E-state index in [-0.39, 0.29) is 0 Å². The van der Waals surface area contributed by atoms with Crippen LogP contribution in [0.25, 0.3) is 0 Å². The van der Waals surface area contributed by atoms with Gasteiger partial charge in [-0.3, -0.25) is 0 Å². The summed E-state index contributed by atoms with van der Waals surface area (Å²) in [4.78, 5) is 2.95. The molecule has 0 N–H and O–H groups in total. The van der Waals surface area contributed by atoms with E-state index in [1.54, 1.807) is 0 Å². The van der Waals surface area contributed by atoms with E-state index in [2.05, 4.69) is 12.6 Å². The van der Waals surface area contributed by atoms with Crippen LogP contribution in [0, 0.1) is 0 Å². The molecule has 0 aliphatic carbocycles. The van der Waals surface area contributed by atoms with Gasteiger partial charge in [0.1, 0.15) is 0 Å². The van der Waals surface area contributed by atoms with Crippen LogP contribution in [0.2, 0.25) is 0 Å². The minimum absolute atomic E-state index is 0.987. The maximum atomic E-state index is 4.17. The Bertz CT molecular complexity index is 164. The third-order valence-corrected chi connectivity index (χ3v) is 1.09. The molecule has 0 bridgehead atoms. The van der Waals surface area contributed by atoms with Crippen LogP contribution in [-0.2, 0) is 0 Å². The fourth-order valence-corrected chi connectivity index (χ4v) is 0.829. The predicted molar refractivity (Wildman–Crippen MR) is 54.2 cm³/mol. The summed E-state index contributed by atoms with van der Waals surface area (Å²) in [5.74, 6) is 0. The highest BCUT2D eigenvalue weighted by Crippen LogP contribution is 2.02. The predicted octanol–water partition coefficient (Wildman–Crippen LogP) is 3.15. The van der Waals surface area contributed by atoms with Crippen molar-refractivity contribution >= 4 is 12.6 Å². The van der Waals surface area contributed by atoms with E-state index in [1.165, 1.54) is 0 Å². The fourth-order valence-electron chi connectivity index (χ4n) is 0.696. The molecular weight excluding hydrogens is 154 g/mol. The van der Waals surface area contributed by atoms with Crippen LogP contribution in [0.5, 0.6) is 0 Å². The van der Waals surface area contributed by atoms with E-state index < -0.39 is 0 Å². The lowest BCUT2D eigenvalue weighted by atomic mass is 10.5. The molecule has 0 heterocycles. The van der Waals surface area contributed by atoms with Gasteiger partial charge in [-0.2, -0.15) is 0 Å². The van der Waals surface area contributed by atoms with E-state index >= 15 is 0 Å². The molecule has 0 aromatic carbocycles. The molecule has 0 rings (SSSR count). The number of hydrogen-bond acceptors (Lipinski definition) is 2. The van der Waals surface area contributed by atoms with Crippen molar-refractivity contribution in [3.8, 4) is 0 Å². The molecule has 0 aromatic heterocycles. The van der Waals surface area contributed by atoms with Gasteiger partial charge in [0, 0.05) is 18.6 Å². The molecule has 0 fully saturated rings. The Labute approximate surface area is 74.5 Å². The van der Waals surface area contributed by atoms with Crippen molar-refractivity contribution in [1.29, 1.82) is 0 Å². The van der Waals surface area contributed by atoms with E-state index in [9.17, 15) is 0 Å². The Hall–Kier alpha value is -0.630. The molecule has 0 saturated heterocycles. The van der Waals surface area contributed by atoms with Gasteiger partial charge in [-0.05, 0) is 25.7 Å². The summed E-state index contributed by atoms with van der Waals surface area (Å²) < 4.78 is 0. The molecule has 62 valence electrons. The molecule has 1 nitrogen and oxygen atoms in total. The summed E-state index contributed by atoms with van der Waals surface area (Å²) in [5.41, 5.74) is 0. The molecule has 0 saturated carbocycles. The maximum absolute atomic E-state index is 4.17. The van der Waals surface area contributed by atoms with Gasteiger partial charge in [0.2, 0.25) is 0 Å². The van der Waals surface area contributed by atoms with Crippen molar-refractivity contribution < 1.29 is 0 Å². The second kappa shape index (κ2) is 6.10. The van der Waals surface area contributed by atoms with Crippen LogP contribution < -0.4 is 0 Å². The highest BCUT2D eigenvalue weighted by atomic mass is 32.1. The first-order valence-electron chi connectivity index (χ1n) is 3.61. The van der Waals surface area contributed by atoms with Crippen molar-refractivity contribution in [1.82, 2.24) is 4.90 Å². The molecule has 0 spiro atoms. The Balaban J connectivity index is 4.22. The molecule has 0 aromatic rings. The second-order valence-corrected chi connectivity index (χ2v) is 2.89. The summed E-state index contributed by atoms with van der Waals surface area (Å²) in [6, 6.07) is 0. The monoisotopic (exact) mass is 169 g/mol. The van der Waals surface area contributed by atoms with Gasteiger partial charge in [-0.15, -0.1) is 12.6 Å². The van der Waals surface area contributed by atoms with E-state index in [0.717, 1.165) is 4.91 Å². The smallest absolute Gasteiger partial charge is 0.0171 e. The van der Waals surface area contributed by atoms with Gasteiger partial charge >= 0.3 is 0 Å². The molecule has 0 unspecified atom stereocenters. The molecule has 0 amide bonds. The van der Waals surface area contributed by atoms with Crippen LogP contribution in [-0.4, -0.2) is 4.90 Å². The highest BCUT2D eigenvalue weighted by molar-refractivity contribution is 7.84. The Kier molecular flexibility index (Phi) is 5.75. The molecule has 0 aliphatic heterocycles. The summed E-state index contributed by atoms with van der Waals surface area (Å²) in [6.45, 7) is 5.92. The molecule has 0 atom stereocenters. The second-order valence-electron chi connectivity index (χ2n) is 2.18. The number of thiol groups is 1. The highest BCUT2D eigenvalue weighted by Gasteiger charge is 1.85. The lowest BCUT2D eigenvalue weighted by molar-refractivity contribution is 0.687. The Morgan fingerprint density at radius 1 is 1.18 bits per heavy atom. The Morgan fingerprint density at radius 2 is 1.64 bits per heavy atom. The molecule has 2 heteroatoms. The van der Waals surface area contributed by atoms with Gasteiger partial charge in [-0.1, -0.05) is 12.2 Å². The van der Waals surface area contributed by atoms with Gasteiger partial charge in [-0.25, -0.2) is 0 Å². The van der Waals surface area contributed by atoms with Gasteiger partial charge in [0.25, 0.3) is 0 Å². The zero-order valence-corrected chi connectivity index (χ0v) is 8.18. The molecule has 0 aliphatic rings. The SMILES string of the molecule is CC=CN(C=CC)C=C(C)S. The summed E-state index contributed by atoms with van der Waals surface area (Å²) >= 11 is 4.17. The first-order valence-corrected chi connectivity index (χ1v) is 4.06. The average molecular weight is 169 g/mol. The third kappa shape index (κ3) is 5.80. The molecular formula is C9H15NS. The quantitative estimate of drug-likeness (QED) is 0.635. The standard InChI is InChI=1S/C9H15NS/c1-4-6-10(7-5-2)8-9(3)11/h4-8,11H,1-3H3. The van der Waals surface area contributed by atoms with E-state index in [0.29, 0.717) is 0 Å². The normalized spacial score (nSPS) is 13.3. The van der Waals surface area contributed by atoms with Gasteiger partial charge in [0.05, 0.1) is 0 Å². The summed E-state index contributed by atoms with van der Waals surface area (Å²) in [6.07, 6.45) is 9.85. The van der Waals surface area contributed by atoms with Crippen LogP contribution in [0.4, 0.5) is 0 Å². The van der Waals surface area contributed by atoms with Crippen LogP contribution in [0.15, 0.2) is 35.7 Å². The first kappa shape index (κ1) is 10.4.